The third-order valence-corrected chi connectivity index (χ3v) is 6.44. The molecule has 2 bridgehead atoms. The quantitative estimate of drug-likeness (QED) is 0.771. The summed E-state index contributed by atoms with van der Waals surface area (Å²) in [5, 5.41) is 12.7. The Hall–Kier alpha value is -1.62. The number of aryl methyl sites for hydroxylation is 1. The minimum absolute atomic E-state index is 0.0174. The molecule has 0 radical (unpaired) electrons. The zero-order valence-electron chi connectivity index (χ0n) is 13.4. The van der Waals surface area contributed by atoms with Gasteiger partial charge >= 0.3 is 5.97 Å². The highest BCUT2D eigenvalue weighted by Crippen LogP contribution is 2.63. The number of benzene rings is 1. The summed E-state index contributed by atoms with van der Waals surface area (Å²) in [5.41, 5.74) is 1.83. The monoisotopic (exact) mass is 389 g/mol. The molecule has 4 aliphatic carbocycles. The summed E-state index contributed by atoms with van der Waals surface area (Å²) in [4.78, 5) is 24.8. The Labute approximate surface area is 149 Å². The smallest absolute Gasteiger partial charge is 0.307 e. The molecule has 1 aromatic carbocycles. The van der Waals surface area contributed by atoms with E-state index in [4.69, 9.17) is 0 Å². The predicted molar refractivity (Wildman–Crippen MR) is 94.5 cm³/mol. The molecular weight excluding hydrogens is 370 g/mol. The van der Waals surface area contributed by atoms with Crippen molar-refractivity contribution in [1.82, 2.24) is 0 Å². The second-order valence-corrected chi connectivity index (χ2v) is 8.05. The summed E-state index contributed by atoms with van der Waals surface area (Å²) in [6, 6.07) is 5.77. The van der Waals surface area contributed by atoms with E-state index in [9.17, 15) is 14.7 Å². The molecule has 2 saturated carbocycles. The molecule has 126 valence electrons. The molecule has 0 aliphatic heterocycles. The standard InChI is InChI=1S/C19H20BrNO3/c1-2-9-7-10(20)3-6-15(9)21-18(22)16-11-4-5-12(14-8-13(11)14)17(16)19(23)24/h3-7,11-14,16-17H,2,8H2,1H3,(H,21,22)(H,23,24)/t11-,12+,13+,14+,16+,17-/m0/s1. The number of carboxylic acid groups (broad SMARTS) is 1. The zero-order chi connectivity index (χ0) is 17.0. The van der Waals surface area contributed by atoms with Gasteiger partial charge in [0.2, 0.25) is 5.91 Å². The molecule has 4 nitrogen and oxygen atoms in total. The molecule has 0 aromatic heterocycles. The number of fused-ring (bicyclic) bond motifs is 1. The molecule has 0 unspecified atom stereocenters. The summed E-state index contributed by atoms with van der Waals surface area (Å²) in [6.45, 7) is 2.04. The zero-order valence-corrected chi connectivity index (χ0v) is 15.0. The number of rotatable bonds is 4. The van der Waals surface area contributed by atoms with Crippen LogP contribution in [-0.2, 0) is 16.0 Å². The number of hydrogen-bond donors (Lipinski definition) is 2. The summed E-state index contributed by atoms with van der Waals surface area (Å²) < 4.78 is 0.973. The van der Waals surface area contributed by atoms with Crippen LogP contribution in [0.3, 0.4) is 0 Å². The normalized spacial score (nSPS) is 35.4. The Morgan fingerprint density at radius 2 is 1.88 bits per heavy atom. The first kappa shape index (κ1) is 15.9. The van der Waals surface area contributed by atoms with Gasteiger partial charge in [-0.2, -0.15) is 0 Å². The van der Waals surface area contributed by atoms with E-state index < -0.39 is 17.8 Å². The maximum Gasteiger partial charge on any atom is 0.307 e. The van der Waals surface area contributed by atoms with Crippen molar-refractivity contribution in [3.05, 3.63) is 40.4 Å². The molecule has 2 fully saturated rings. The number of anilines is 1. The van der Waals surface area contributed by atoms with Gasteiger partial charge in [-0.1, -0.05) is 35.0 Å². The van der Waals surface area contributed by atoms with Crippen molar-refractivity contribution in [2.24, 2.45) is 35.5 Å². The number of allylic oxidation sites excluding steroid dienone is 2. The molecule has 0 heterocycles. The second-order valence-electron chi connectivity index (χ2n) is 7.14. The number of carboxylic acids is 1. The van der Waals surface area contributed by atoms with Crippen LogP contribution in [0.4, 0.5) is 5.69 Å². The van der Waals surface area contributed by atoms with E-state index in [1.54, 1.807) is 0 Å². The second kappa shape index (κ2) is 5.73. The van der Waals surface area contributed by atoms with E-state index in [0.717, 1.165) is 28.6 Å². The van der Waals surface area contributed by atoms with E-state index in [-0.39, 0.29) is 17.7 Å². The minimum Gasteiger partial charge on any atom is -0.481 e. The van der Waals surface area contributed by atoms with Gasteiger partial charge in [-0.15, -0.1) is 0 Å². The number of amides is 1. The summed E-state index contributed by atoms with van der Waals surface area (Å²) >= 11 is 3.45. The van der Waals surface area contributed by atoms with Crippen molar-refractivity contribution in [3.63, 3.8) is 0 Å². The molecular formula is C19H20BrNO3. The van der Waals surface area contributed by atoms with Gasteiger partial charge in [0.1, 0.15) is 0 Å². The molecule has 5 heteroatoms. The number of carbonyl (C=O) groups is 2. The highest BCUT2D eigenvalue weighted by atomic mass is 79.9. The van der Waals surface area contributed by atoms with Gasteiger partial charge in [0.05, 0.1) is 11.8 Å². The molecule has 1 amide bonds. The van der Waals surface area contributed by atoms with Gasteiger partial charge in [-0.05, 0) is 60.3 Å². The molecule has 6 atom stereocenters. The fourth-order valence-electron chi connectivity index (χ4n) is 4.76. The van der Waals surface area contributed by atoms with Gasteiger partial charge in [0, 0.05) is 10.2 Å². The van der Waals surface area contributed by atoms with E-state index in [0.29, 0.717) is 11.8 Å². The maximum absolute atomic E-state index is 13.0. The fraction of sp³-hybridized carbons (Fsp3) is 0.474. The first-order valence-electron chi connectivity index (χ1n) is 8.51. The van der Waals surface area contributed by atoms with Crippen LogP contribution in [0.2, 0.25) is 0 Å². The predicted octanol–water partition coefficient (Wildman–Crippen LogP) is 3.72. The number of hydrogen-bond acceptors (Lipinski definition) is 2. The van der Waals surface area contributed by atoms with Crippen molar-refractivity contribution in [1.29, 1.82) is 0 Å². The topological polar surface area (TPSA) is 66.4 Å². The van der Waals surface area contributed by atoms with Crippen LogP contribution in [0.1, 0.15) is 18.9 Å². The molecule has 24 heavy (non-hydrogen) atoms. The first-order valence-corrected chi connectivity index (χ1v) is 9.31. The number of halogens is 1. The molecule has 5 rings (SSSR count). The van der Waals surface area contributed by atoms with Gasteiger partial charge < -0.3 is 10.4 Å². The Morgan fingerprint density at radius 1 is 1.21 bits per heavy atom. The van der Waals surface area contributed by atoms with Crippen LogP contribution < -0.4 is 5.32 Å². The van der Waals surface area contributed by atoms with Crippen molar-refractivity contribution in [2.75, 3.05) is 5.32 Å². The lowest BCUT2D eigenvalue weighted by molar-refractivity contribution is -0.152. The lowest BCUT2D eigenvalue weighted by atomic mass is 9.62. The van der Waals surface area contributed by atoms with Gasteiger partial charge in [-0.3, -0.25) is 9.59 Å². The summed E-state index contributed by atoms with van der Waals surface area (Å²) in [5.74, 6) is -0.981. The van der Waals surface area contributed by atoms with Crippen LogP contribution in [-0.4, -0.2) is 17.0 Å². The van der Waals surface area contributed by atoms with Crippen molar-refractivity contribution in [2.45, 2.75) is 19.8 Å². The van der Waals surface area contributed by atoms with Crippen LogP contribution in [0.15, 0.2) is 34.8 Å². The SMILES string of the molecule is CCc1cc(Br)ccc1NC(=O)[C@@H]1[C@H]2C=C[C@H]([C@H]3C[C@H]23)[C@@H]1C(=O)O. The van der Waals surface area contributed by atoms with E-state index in [1.165, 1.54) is 0 Å². The third kappa shape index (κ3) is 2.41. The van der Waals surface area contributed by atoms with E-state index >= 15 is 0 Å². The minimum atomic E-state index is -0.841. The highest BCUT2D eigenvalue weighted by Gasteiger charge is 2.62. The van der Waals surface area contributed by atoms with Gasteiger partial charge in [0.15, 0.2) is 0 Å². The highest BCUT2D eigenvalue weighted by molar-refractivity contribution is 9.10. The Balaban J connectivity index is 1.62. The lowest BCUT2D eigenvalue weighted by Crippen LogP contribution is -2.48. The summed E-state index contributed by atoms with van der Waals surface area (Å²) in [7, 11) is 0. The average molecular weight is 390 g/mol. The van der Waals surface area contributed by atoms with Gasteiger partial charge in [-0.25, -0.2) is 0 Å². The molecule has 1 aromatic rings. The fourth-order valence-corrected chi connectivity index (χ4v) is 5.17. The van der Waals surface area contributed by atoms with Crippen LogP contribution in [0.25, 0.3) is 0 Å². The number of aliphatic carboxylic acids is 1. The maximum atomic E-state index is 13.0. The van der Waals surface area contributed by atoms with Crippen molar-refractivity contribution >= 4 is 33.5 Å². The third-order valence-electron chi connectivity index (χ3n) is 5.95. The number of carbonyl (C=O) groups excluding carboxylic acids is 1. The number of nitrogens with one attached hydrogen (secondary N) is 1. The Kier molecular flexibility index (Phi) is 3.79. The van der Waals surface area contributed by atoms with Gasteiger partial charge in [0.25, 0.3) is 0 Å². The van der Waals surface area contributed by atoms with Crippen LogP contribution in [0.5, 0.6) is 0 Å². The first-order chi connectivity index (χ1) is 11.5. The van der Waals surface area contributed by atoms with Crippen LogP contribution in [0, 0.1) is 35.5 Å². The van der Waals surface area contributed by atoms with E-state index in [2.05, 4.69) is 27.3 Å². The van der Waals surface area contributed by atoms with Crippen LogP contribution >= 0.6 is 15.9 Å². The Bertz CT molecular complexity index is 744. The van der Waals surface area contributed by atoms with E-state index in [1.807, 2.05) is 31.2 Å². The lowest BCUT2D eigenvalue weighted by Gasteiger charge is -2.41. The van der Waals surface area contributed by atoms with Crippen molar-refractivity contribution in [3.8, 4) is 0 Å². The van der Waals surface area contributed by atoms with Crippen molar-refractivity contribution < 1.29 is 14.7 Å². The largest absolute Gasteiger partial charge is 0.481 e. The average Bonchev–Trinajstić information content (AvgIpc) is 3.37. The Morgan fingerprint density at radius 3 is 2.50 bits per heavy atom. The summed E-state index contributed by atoms with van der Waals surface area (Å²) in [6.07, 6.45) is 6.00. The molecule has 2 N–H and O–H groups in total. The molecule has 0 saturated heterocycles. The molecule has 4 aliphatic rings. The molecule has 0 spiro atoms.